The molecule has 4 aliphatic rings. The van der Waals surface area contributed by atoms with Gasteiger partial charge in [0.25, 0.3) is 21.5 Å². The third-order valence-corrected chi connectivity index (χ3v) is 12.8. The highest BCUT2D eigenvalue weighted by Gasteiger charge is 2.71. The highest BCUT2D eigenvalue weighted by Crippen LogP contribution is 2.61. The first kappa shape index (κ1) is 41.1. The van der Waals surface area contributed by atoms with Crippen molar-refractivity contribution in [2.24, 2.45) is 23.2 Å². The number of alkyl halides is 6. The zero-order valence-electron chi connectivity index (χ0n) is 28.7. The number of aryl methyl sites for hydroxylation is 1. The largest absolute Gasteiger partial charge is 0.463 e. The molecule has 1 aromatic carbocycles. The van der Waals surface area contributed by atoms with E-state index in [0.717, 1.165) is 37.0 Å². The maximum Gasteiger partial charge on any atom is 0.430 e. The fourth-order valence-electron chi connectivity index (χ4n) is 7.99. The molecule has 1 heterocycles. The van der Waals surface area contributed by atoms with Crippen LogP contribution in [0.2, 0.25) is 0 Å². The molecular formula is C33H41F6N3O9S2. The van der Waals surface area contributed by atoms with Gasteiger partial charge in [-0.05, 0) is 80.8 Å². The Balaban J connectivity index is 0.941. The van der Waals surface area contributed by atoms with Crippen LogP contribution in [0.3, 0.4) is 0 Å². The lowest BCUT2D eigenvalue weighted by molar-refractivity contribution is -0.376. The van der Waals surface area contributed by atoms with E-state index < -0.39 is 51.7 Å². The average molecular weight is 802 g/mol. The molecule has 0 saturated heterocycles. The second kappa shape index (κ2) is 16.4. The molecule has 20 heteroatoms. The van der Waals surface area contributed by atoms with E-state index in [1.54, 1.807) is 0 Å². The van der Waals surface area contributed by atoms with Gasteiger partial charge >= 0.3 is 18.3 Å². The standard InChI is InChI=1S/C33H41F6N3O9S2/c1-20-28(53(46,47)42-25-4-2-24(3-5-25)31(45,32(34,35)36)33(37,38)39)52-29(40-20)41-26(43)19-50-9-8-48-6-7-49-10-11-51-27(44)18-30-15-21-12-22(16-30)14-23(13-21)17-30/h2-5,21-23,42,45H,6-19H2,1H3,(H,40,41,43). The summed E-state index contributed by atoms with van der Waals surface area (Å²) in [6, 6.07) is 1.86. The molecule has 4 fully saturated rings. The van der Waals surface area contributed by atoms with E-state index in [9.17, 15) is 49.5 Å². The Morgan fingerprint density at radius 1 is 0.868 bits per heavy atom. The number of amides is 1. The number of aliphatic hydroxyl groups is 1. The number of carbonyl (C=O) groups excluding carboxylic acids is 2. The minimum Gasteiger partial charge on any atom is -0.463 e. The van der Waals surface area contributed by atoms with Crippen molar-refractivity contribution >= 4 is 44.1 Å². The van der Waals surface area contributed by atoms with E-state index >= 15 is 0 Å². The molecule has 0 radical (unpaired) electrons. The lowest BCUT2D eigenvalue weighted by Gasteiger charge is -2.56. The predicted molar refractivity (Wildman–Crippen MR) is 177 cm³/mol. The van der Waals surface area contributed by atoms with Crippen LogP contribution in [0.5, 0.6) is 0 Å². The number of rotatable bonds is 18. The summed E-state index contributed by atoms with van der Waals surface area (Å²) in [6.07, 6.45) is -4.31. The van der Waals surface area contributed by atoms with Gasteiger partial charge in [0.2, 0.25) is 0 Å². The van der Waals surface area contributed by atoms with Crippen LogP contribution in [-0.4, -0.2) is 89.0 Å². The van der Waals surface area contributed by atoms with Gasteiger partial charge in [0.15, 0.2) is 9.34 Å². The molecule has 0 spiro atoms. The van der Waals surface area contributed by atoms with Gasteiger partial charge in [-0.3, -0.25) is 19.6 Å². The number of aromatic nitrogens is 1. The molecule has 4 saturated carbocycles. The molecular weight excluding hydrogens is 760 g/mol. The van der Waals surface area contributed by atoms with Crippen molar-refractivity contribution in [2.75, 3.05) is 56.3 Å². The number of benzene rings is 1. The number of nitrogens with zero attached hydrogens (tertiary/aromatic N) is 1. The van der Waals surface area contributed by atoms with E-state index in [0.29, 0.717) is 42.0 Å². The topological polar surface area (TPSA) is 162 Å². The number of ether oxygens (including phenoxy) is 4. The molecule has 296 valence electrons. The molecule has 0 aliphatic heterocycles. The first-order valence-corrected chi connectivity index (χ1v) is 19.3. The quantitative estimate of drug-likeness (QED) is 0.0969. The fourth-order valence-corrected chi connectivity index (χ4v) is 10.5. The summed E-state index contributed by atoms with van der Waals surface area (Å²) >= 11 is 0.548. The molecule has 1 amide bonds. The minimum atomic E-state index is -6.10. The second-order valence-corrected chi connectivity index (χ2v) is 16.8. The third-order valence-electron chi connectivity index (χ3n) is 9.77. The van der Waals surface area contributed by atoms with Gasteiger partial charge in [-0.2, -0.15) is 26.3 Å². The minimum absolute atomic E-state index is 0.0508. The van der Waals surface area contributed by atoms with Gasteiger partial charge < -0.3 is 24.1 Å². The van der Waals surface area contributed by atoms with E-state index in [2.05, 4.69) is 10.3 Å². The summed E-state index contributed by atoms with van der Waals surface area (Å²) in [5.74, 6) is 1.50. The highest BCUT2D eigenvalue weighted by atomic mass is 32.2. The molecule has 1 aromatic heterocycles. The van der Waals surface area contributed by atoms with E-state index in [-0.39, 0.29) is 66.1 Å². The first-order chi connectivity index (χ1) is 24.8. The number of esters is 1. The lowest BCUT2D eigenvalue weighted by atomic mass is 9.49. The highest BCUT2D eigenvalue weighted by molar-refractivity contribution is 7.94. The van der Waals surface area contributed by atoms with Gasteiger partial charge in [0.1, 0.15) is 13.2 Å². The average Bonchev–Trinajstić information content (AvgIpc) is 3.41. The van der Waals surface area contributed by atoms with Crippen molar-refractivity contribution in [1.82, 2.24) is 4.98 Å². The molecule has 12 nitrogen and oxygen atoms in total. The van der Waals surface area contributed by atoms with Crippen molar-refractivity contribution in [3.05, 3.63) is 35.5 Å². The van der Waals surface area contributed by atoms with Crippen LogP contribution in [0.15, 0.2) is 28.5 Å². The van der Waals surface area contributed by atoms with Crippen LogP contribution in [0.25, 0.3) is 0 Å². The number of carbonyl (C=O) groups is 2. The van der Waals surface area contributed by atoms with Crippen LogP contribution >= 0.6 is 11.3 Å². The number of thiazole rings is 1. The summed E-state index contributed by atoms with van der Waals surface area (Å²) in [7, 11) is -4.45. The number of sulfonamides is 1. The van der Waals surface area contributed by atoms with Crippen LogP contribution < -0.4 is 10.0 Å². The first-order valence-electron chi connectivity index (χ1n) is 17.0. The Morgan fingerprint density at radius 2 is 1.38 bits per heavy atom. The Hall–Kier alpha value is -3.04. The zero-order chi connectivity index (χ0) is 38.7. The molecule has 53 heavy (non-hydrogen) atoms. The normalized spacial score (nSPS) is 22.9. The third kappa shape index (κ3) is 9.99. The number of halogens is 6. The van der Waals surface area contributed by atoms with Crippen molar-refractivity contribution in [3.8, 4) is 0 Å². The van der Waals surface area contributed by atoms with Gasteiger partial charge in [0, 0.05) is 11.3 Å². The van der Waals surface area contributed by atoms with Gasteiger partial charge in [0.05, 0.1) is 45.1 Å². The van der Waals surface area contributed by atoms with Crippen LogP contribution in [0, 0.1) is 30.1 Å². The summed E-state index contributed by atoms with van der Waals surface area (Å²) < 4.78 is 128. The predicted octanol–water partition coefficient (Wildman–Crippen LogP) is 5.70. The summed E-state index contributed by atoms with van der Waals surface area (Å²) in [5.41, 5.74) is -7.05. The molecule has 0 unspecified atom stereocenters. The van der Waals surface area contributed by atoms with E-state index in [1.165, 1.54) is 26.2 Å². The van der Waals surface area contributed by atoms with Crippen LogP contribution in [0.1, 0.15) is 56.2 Å². The second-order valence-electron chi connectivity index (χ2n) is 13.9. The van der Waals surface area contributed by atoms with Crippen LogP contribution in [-0.2, 0) is 44.2 Å². The van der Waals surface area contributed by atoms with E-state index in [1.807, 2.05) is 4.72 Å². The Morgan fingerprint density at radius 3 is 1.91 bits per heavy atom. The summed E-state index contributed by atoms with van der Waals surface area (Å²) in [6.45, 7) is 2.03. The Kier molecular flexibility index (Phi) is 12.7. The van der Waals surface area contributed by atoms with Crippen molar-refractivity contribution in [3.63, 3.8) is 0 Å². The van der Waals surface area contributed by atoms with Crippen molar-refractivity contribution in [1.29, 1.82) is 0 Å². The number of anilines is 2. The van der Waals surface area contributed by atoms with Gasteiger partial charge in [-0.1, -0.05) is 23.5 Å². The Bertz CT molecular complexity index is 1650. The number of nitrogens with one attached hydrogen (secondary N) is 2. The maximum atomic E-state index is 13.1. The zero-order valence-corrected chi connectivity index (χ0v) is 30.3. The Labute approximate surface area is 306 Å². The molecule has 2 aromatic rings. The monoisotopic (exact) mass is 801 g/mol. The molecule has 4 aliphatic carbocycles. The fraction of sp³-hybridized carbons (Fsp3) is 0.667. The molecule has 4 bridgehead atoms. The van der Waals surface area contributed by atoms with Gasteiger partial charge in [-0.25, -0.2) is 13.4 Å². The molecule has 3 N–H and O–H groups in total. The van der Waals surface area contributed by atoms with E-state index in [4.69, 9.17) is 18.9 Å². The summed E-state index contributed by atoms with van der Waals surface area (Å²) in [4.78, 5) is 28.7. The van der Waals surface area contributed by atoms with Crippen molar-refractivity contribution in [2.45, 2.75) is 74.0 Å². The van der Waals surface area contributed by atoms with Crippen molar-refractivity contribution < 1.29 is 68.4 Å². The lowest BCUT2D eigenvalue weighted by Crippen LogP contribution is -2.53. The SMILES string of the molecule is Cc1nc(NC(=O)COCCOCCOCCOC(=O)CC23CC4CC(CC(C4)C2)C3)sc1S(=O)(=O)Nc1ccc(C(O)(C(F)(F)F)C(F)(F)F)cc1. The van der Waals surface area contributed by atoms with Gasteiger partial charge in [-0.15, -0.1) is 0 Å². The number of hydrogen-bond acceptors (Lipinski definition) is 11. The molecule has 6 rings (SSSR count). The molecule has 0 atom stereocenters. The number of hydrogen-bond donors (Lipinski definition) is 3. The maximum absolute atomic E-state index is 13.1. The van der Waals surface area contributed by atoms with Crippen LogP contribution in [0.4, 0.5) is 37.2 Å². The summed E-state index contributed by atoms with van der Waals surface area (Å²) in [5, 5.41) is 11.8. The smallest absolute Gasteiger partial charge is 0.430 e.